The molecule has 0 bridgehead atoms. The lowest BCUT2D eigenvalue weighted by Crippen LogP contribution is -2.55. The van der Waals surface area contributed by atoms with Gasteiger partial charge in [-0.2, -0.15) is 0 Å². The number of likely N-dealkylation sites (N-methyl/N-ethyl adjacent to an activating group) is 2. The topological polar surface area (TPSA) is 73.5 Å². The zero-order valence-electron chi connectivity index (χ0n) is 12.7. The molecule has 0 radical (unpaired) electrons. The second-order valence-corrected chi connectivity index (χ2v) is 5.84. The van der Waals surface area contributed by atoms with Gasteiger partial charge in [-0.1, -0.05) is 6.92 Å². The number of rotatable bonds is 4. The van der Waals surface area contributed by atoms with E-state index in [4.69, 9.17) is 0 Å². The van der Waals surface area contributed by atoms with Crippen LogP contribution in [0.3, 0.4) is 0 Å². The second kappa shape index (κ2) is 5.88. The summed E-state index contributed by atoms with van der Waals surface area (Å²) in [4.78, 5) is 25.6. The first-order chi connectivity index (χ1) is 8.71. The molecule has 110 valence electrons. The molecule has 1 heterocycles. The van der Waals surface area contributed by atoms with Crippen molar-refractivity contribution in [3.63, 3.8) is 0 Å². The van der Waals surface area contributed by atoms with E-state index >= 15 is 0 Å². The Hall–Kier alpha value is -1.14. The van der Waals surface area contributed by atoms with Crippen molar-refractivity contribution in [1.29, 1.82) is 0 Å². The number of carbonyl (C=O) groups excluding carboxylic acids is 2. The van der Waals surface area contributed by atoms with Crippen LogP contribution in [0.5, 0.6) is 0 Å². The molecule has 1 saturated heterocycles. The normalized spacial score (nSPS) is 27.2. The Morgan fingerprint density at radius 3 is 2.26 bits per heavy atom. The zero-order chi connectivity index (χ0) is 14.8. The van der Waals surface area contributed by atoms with Crippen molar-refractivity contribution in [2.24, 2.45) is 5.92 Å². The van der Waals surface area contributed by atoms with E-state index in [1.807, 2.05) is 0 Å². The molecule has 0 aromatic heterocycles. The van der Waals surface area contributed by atoms with E-state index in [9.17, 15) is 9.59 Å². The number of hydrogen-bond donors (Lipinski definition) is 3. The lowest BCUT2D eigenvalue weighted by atomic mass is 9.94. The lowest BCUT2D eigenvalue weighted by molar-refractivity contribution is -0.144. The largest absolute Gasteiger partial charge is 0.357 e. The summed E-state index contributed by atoms with van der Waals surface area (Å²) in [5, 5.41) is 2.59. The summed E-state index contributed by atoms with van der Waals surface area (Å²) >= 11 is 0. The average Bonchev–Trinajstić information content (AvgIpc) is 2.68. The maximum absolute atomic E-state index is 12.3. The fraction of sp³-hybridized carbons (Fsp3) is 0.846. The SMILES string of the molecule is CNC(=O)C(C)(C)N(C)C(=O)CC1NNC(C)C1C. The van der Waals surface area contributed by atoms with Crippen LogP contribution in [0.1, 0.15) is 34.1 Å². The third-order valence-corrected chi connectivity index (χ3v) is 4.31. The highest BCUT2D eigenvalue weighted by Crippen LogP contribution is 2.20. The van der Waals surface area contributed by atoms with Crippen molar-refractivity contribution in [3.05, 3.63) is 0 Å². The van der Waals surface area contributed by atoms with Crippen molar-refractivity contribution in [1.82, 2.24) is 21.1 Å². The van der Waals surface area contributed by atoms with Gasteiger partial charge in [0.15, 0.2) is 0 Å². The Labute approximate surface area is 115 Å². The summed E-state index contributed by atoms with van der Waals surface area (Å²) in [6, 6.07) is 0.445. The van der Waals surface area contributed by atoms with Gasteiger partial charge in [-0.05, 0) is 26.7 Å². The lowest BCUT2D eigenvalue weighted by Gasteiger charge is -2.34. The Bertz CT molecular complexity index is 357. The van der Waals surface area contributed by atoms with Crippen molar-refractivity contribution in [2.45, 2.75) is 51.7 Å². The van der Waals surface area contributed by atoms with Crippen molar-refractivity contribution in [2.75, 3.05) is 14.1 Å². The molecule has 0 aromatic rings. The van der Waals surface area contributed by atoms with Crippen LogP contribution in [0.25, 0.3) is 0 Å². The molecular weight excluding hydrogens is 244 g/mol. The second-order valence-electron chi connectivity index (χ2n) is 5.84. The molecule has 1 aliphatic rings. The molecule has 6 heteroatoms. The molecule has 0 spiro atoms. The van der Waals surface area contributed by atoms with Gasteiger partial charge >= 0.3 is 0 Å². The van der Waals surface area contributed by atoms with E-state index in [0.29, 0.717) is 18.4 Å². The standard InChI is InChI=1S/C13H26N4O2/c1-8-9(2)15-16-10(8)7-11(18)17(6)13(3,4)12(19)14-5/h8-10,15-16H,7H2,1-6H3,(H,14,19). The van der Waals surface area contributed by atoms with Gasteiger partial charge in [-0.15, -0.1) is 0 Å². The van der Waals surface area contributed by atoms with E-state index in [-0.39, 0.29) is 17.9 Å². The predicted molar refractivity (Wildman–Crippen MR) is 74.2 cm³/mol. The fourth-order valence-corrected chi connectivity index (χ4v) is 2.18. The maximum atomic E-state index is 12.3. The molecule has 6 nitrogen and oxygen atoms in total. The molecule has 0 saturated carbocycles. The number of nitrogens with zero attached hydrogens (tertiary/aromatic N) is 1. The minimum Gasteiger partial charge on any atom is -0.357 e. The van der Waals surface area contributed by atoms with Gasteiger partial charge in [0.05, 0.1) is 0 Å². The van der Waals surface area contributed by atoms with Crippen LogP contribution in [0, 0.1) is 5.92 Å². The van der Waals surface area contributed by atoms with Gasteiger partial charge in [-0.25, -0.2) is 0 Å². The Balaban J connectivity index is 2.65. The molecule has 1 fully saturated rings. The Morgan fingerprint density at radius 1 is 1.26 bits per heavy atom. The minimum absolute atomic E-state index is 0.0335. The van der Waals surface area contributed by atoms with Crippen LogP contribution in [0.15, 0.2) is 0 Å². The molecule has 0 aliphatic carbocycles. The van der Waals surface area contributed by atoms with Crippen molar-refractivity contribution in [3.8, 4) is 0 Å². The summed E-state index contributed by atoms with van der Waals surface area (Å²) < 4.78 is 0. The molecule has 3 unspecified atom stereocenters. The smallest absolute Gasteiger partial charge is 0.245 e. The van der Waals surface area contributed by atoms with Crippen LogP contribution in [-0.4, -0.2) is 48.4 Å². The first-order valence-corrected chi connectivity index (χ1v) is 6.71. The van der Waals surface area contributed by atoms with Crippen LogP contribution in [-0.2, 0) is 9.59 Å². The number of hydrazine groups is 1. The number of nitrogens with one attached hydrogen (secondary N) is 3. The van der Waals surface area contributed by atoms with Gasteiger partial charge in [0.2, 0.25) is 11.8 Å². The third kappa shape index (κ3) is 3.25. The molecule has 3 N–H and O–H groups in total. The first-order valence-electron chi connectivity index (χ1n) is 6.71. The molecular formula is C13H26N4O2. The van der Waals surface area contributed by atoms with Crippen molar-refractivity contribution >= 4 is 11.8 Å². The maximum Gasteiger partial charge on any atom is 0.245 e. The van der Waals surface area contributed by atoms with Gasteiger partial charge in [-0.3, -0.25) is 20.4 Å². The number of amides is 2. The Morgan fingerprint density at radius 2 is 1.84 bits per heavy atom. The minimum atomic E-state index is -0.841. The predicted octanol–water partition coefficient (Wildman–Crippen LogP) is -0.139. The van der Waals surface area contributed by atoms with Crippen LogP contribution < -0.4 is 16.2 Å². The molecule has 1 rings (SSSR count). The molecule has 3 atom stereocenters. The summed E-state index contributed by atoms with van der Waals surface area (Å²) in [5.74, 6) is 0.177. The van der Waals surface area contributed by atoms with Gasteiger partial charge in [0, 0.05) is 32.6 Å². The summed E-state index contributed by atoms with van der Waals surface area (Å²) in [6.45, 7) is 7.69. The highest BCUT2D eigenvalue weighted by molar-refractivity contribution is 5.90. The zero-order valence-corrected chi connectivity index (χ0v) is 12.7. The Kier molecular flexibility index (Phi) is 4.92. The van der Waals surface area contributed by atoms with Crippen LogP contribution in [0.2, 0.25) is 0 Å². The van der Waals surface area contributed by atoms with Crippen molar-refractivity contribution < 1.29 is 9.59 Å². The quantitative estimate of drug-likeness (QED) is 0.665. The number of hydrogen-bond acceptors (Lipinski definition) is 4. The number of carbonyl (C=O) groups is 2. The van der Waals surface area contributed by atoms with Crippen LogP contribution >= 0.6 is 0 Å². The molecule has 0 aromatic carbocycles. The average molecular weight is 270 g/mol. The van der Waals surface area contributed by atoms with E-state index < -0.39 is 5.54 Å². The van der Waals surface area contributed by atoms with E-state index in [1.54, 1.807) is 27.9 Å². The fourth-order valence-electron chi connectivity index (χ4n) is 2.18. The summed E-state index contributed by atoms with van der Waals surface area (Å²) in [6.07, 6.45) is 0.384. The van der Waals surface area contributed by atoms with Gasteiger partial charge in [0.25, 0.3) is 0 Å². The highest BCUT2D eigenvalue weighted by atomic mass is 16.2. The molecule has 19 heavy (non-hydrogen) atoms. The molecule has 1 aliphatic heterocycles. The van der Waals surface area contributed by atoms with Crippen LogP contribution in [0.4, 0.5) is 0 Å². The monoisotopic (exact) mass is 270 g/mol. The van der Waals surface area contributed by atoms with E-state index in [2.05, 4.69) is 30.0 Å². The van der Waals surface area contributed by atoms with Gasteiger partial charge < -0.3 is 10.2 Å². The molecule has 2 amide bonds. The van der Waals surface area contributed by atoms with Gasteiger partial charge in [0.1, 0.15) is 5.54 Å². The third-order valence-electron chi connectivity index (χ3n) is 4.31. The van der Waals surface area contributed by atoms with E-state index in [1.165, 1.54) is 4.90 Å². The highest BCUT2D eigenvalue weighted by Gasteiger charge is 2.37. The first kappa shape index (κ1) is 15.9. The summed E-state index contributed by atoms with van der Waals surface area (Å²) in [5.41, 5.74) is 5.43. The summed E-state index contributed by atoms with van der Waals surface area (Å²) in [7, 11) is 3.25. The van der Waals surface area contributed by atoms with E-state index in [0.717, 1.165) is 0 Å².